The molecule has 0 N–H and O–H groups in total. The molecule has 0 aliphatic carbocycles. The molecule has 3 atom stereocenters. The zero-order chi connectivity index (χ0) is 9.54. The van der Waals surface area contributed by atoms with E-state index in [9.17, 15) is 0 Å². The van der Waals surface area contributed by atoms with Gasteiger partial charge in [-0.25, -0.2) is 0 Å². The van der Waals surface area contributed by atoms with Crippen LogP contribution in [0.15, 0.2) is 0 Å². The maximum Gasteiger partial charge on any atom is 0.0622 e. The maximum atomic E-state index is 5.51. The molecule has 3 aliphatic heterocycles. The van der Waals surface area contributed by atoms with Gasteiger partial charge in [0.1, 0.15) is 0 Å². The van der Waals surface area contributed by atoms with E-state index in [1.165, 1.54) is 32.4 Å². The summed E-state index contributed by atoms with van der Waals surface area (Å²) in [4.78, 5) is 5.27. The number of ether oxygens (including phenoxy) is 1. The van der Waals surface area contributed by atoms with Gasteiger partial charge in [-0.3, -0.25) is 4.90 Å². The summed E-state index contributed by atoms with van der Waals surface area (Å²) >= 11 is 0. The van der Waals surface area contributed by atoms with E-state index in [1.807, 2.05) is 0 Å². The molecule has 3 unspecified atom stereocenters. The van der Waals surface area contributed by atoms with Gasteiger partial charge in [0.15, 0.2) is 0 Å². The Morgan fingerprint density at radius 1 is 1.00 bits per heavy atom. The van der Waals surface area contributed by atoms with Crippen LogP contribution in [0.3, 0.4) is 0 Å². The molecule has 3 heteroatoms. The Balaban J connectivity index is 1.74. The molecule has 0 amide bonds. The number of likely N-dealkylation sites (N-methyl/N-ethyl adjacent to an activating group) is 1. The van der Waals surface area contributed by atoms with Crippen LogP contribution >= 0.6 is 0 Å². The number of nitrogens with zero attached hydrogens (tertiary/aromatic N) is 2. The Hall–Kier alpha value is -0.120. The molecule has 3 saturated heterocycles. The summed E-state index contributed by atoms with van der Waals surface area (Å²) in [6.45, 7) is 4.51. The predicted molar refractivity (Wildman–Crippen MR) is 55.4 cm³/mol. The Labute approximate surface area is 86.0 Å². The van der Waals surface area contributed by atoms with Crippen molar-refractivity contribution in [1.29, 1.82) is 0 Å². The van der Waals surface area contributed by atoms with Gasteiger partial charge in [-0.05, 0) is 26.3 Å². The van der Waals surface area contributed by atoms with E-state index in [0.29, 0.717) is 0 Å². The lowest BCUT2D eigenvalue weighted by molar-refractivity contribution is 0.0383. The molecule has 14 heavy (non-hydrogen) atoms. The monoisotopic (exact) mass is 196 g/mol. The Kier molecular flexibility index (Phi) is 2.26. The molecular formula is C11H20N2O. The van der Waals surface area contributed by atoms with Gasteiger partial charge < -0.3 is 9.64 Å². The van der Waals surface area contributed by atoms with Gasteiger partial charge in [-0.1, -0.05) is 0 Å². The third kappa shape index (κ3) is 1.38. The Morgan fingerprint density at radius 3 is 2.29 bits per heavy atom. The van der Waals surface area contributed by atoms with Crippen molar-refractivity contribution in [3.63, 3.8) is 0 Å². The topological polar surface area (TPSA) is 15.7 Å². The highest BCUT2D eigenvalue weighted by Crippen LogP contribution is 2.33. The van der Waals surface area contributed by atoms with Crippen LogP contribution < -0.4 is 0 Å². The minimum absolute atomic E-state index is 0.737. The highest BCUT2D eigenvalue weighted by atomic mass is 16.5. The van der Waals surface area contributed by atoms with Gasteiger partial charge in [-0.15, -0.1) is 0 Å². The second-order valence-corrected chi connectivity index (χ2v) is 5.07. The fraction of sp³-hybridized carbons (Fsp3) is 1.00. The van der Waals surface area contributed by atoms with Crippen molar-refractivity contribution >= 4 is 0 Å². The molecular weight excluding hydrogens is 176 g/mol. The van der Waals surface area contributed by atoms with Crippen molar-refractivity contribution in [2.75, 3.05) is 33.4 Å². The number of likely N-dealkylation sites (tertiary alicyclic amines) is 1. The van der Waals surface area contributed by atoms with Crippen LogP contribution in [0.5, 0.6) is 0 Å². The van der Waals surface area contributed by atoms with Gasteiger partial charge in [-0.2, -0.15) is 0 Å². The predicted octanol–water partition coefficient (Wildman–Crippen LogP) is 0.554. The lowest BCUT2D eigenvalue weighted by Crippen LogP contribution is -2.56. The summed E-state index contributed by atoms with van der Waals surface area (Å²) in [5.41, 5.74) is 0. The molecule has 0 aromatic carbocycles. The van der Waals surface area contributed by atoms with E-state index in [-0.39, 0.29) is 0 Å². The summed E-state index contributed by atoms with van der Waals surface area (Å²) in [5.74, 6) is 0. The molecule has 0 aromatic rings. The fourth-order valence-electron chi connectivity index (χ4n) is 3.50. The molecule has 3 rings (SSSR count). The van der Waals surface area contributed by atoms with Crippen molar-refractivity contribution in [2.45, 2.75) is 37.4 Å². The van der Waals surface area contributed by atoms with Crippen LogP contribution in [0.25, 0.3) is 0 Å². The van der Waals surface area contributed by atoms with Crippen LogP contribution in [0.2, 0.25) is 0 Å². The minimum atomic E-state index is 0.737. The molecule has 3 aliphatic rings. The molecule has 3 fully saturated rings. The van der Waals surface area contributed by atoms with E-state index in [0.717, 1.165) is 31.3 Å². The normalized spacial score (nSPS) is 44.8. The Morgan fingerprint density at radius 2 is 1.71 bits per heavy atom. The summed E-state index contributed by atoms with van der Waals surface area (Å²) in [5, 5.41) is 0. The second kappa shape index (κ2) is 3.47. The number of piperazine rings is 1. The molecule has 3 heterocycles. The number of hydrogen-bond acceptors (Lipinski definition) is 3. The third-order valence-corrected chi connectivity index (χ3v) is 4.05. The molecule has 80 valence electrons. The van der Waals surface area contributed by atoms with E-state index < -0.39 is 0 Å². The summed E-state index contributed by atoms with van der Waals surface area (Å²) in [7, 11) is 2.26. The highest BCUT2D eigenvalue weighted by molar-refractivity contribution is 4.98. The first-order chi connectivity index (χ1) is 6.84. The first kappa shape index (κ1) is 9.13. The van der Waals surface area contributed by atoms with Gasteiger partial charge in [0.25, 0.3) is 0 Å². The summed E-state index contributed by atoms with van der Waals surface area (Å²) in [6, 6.07) is 2.39. The SMILES string of the molecule is CN1CC2CCC(C1)N2C1CCOC1. The molecule has 3 nitrogen and oxygen atoms in total. The van der Waals surface area contributed by atoms with Crippen LogP contribution in [-0.4, -0.2) is 61.3 Å². The van der Waals surface area contributed by atoms with Crippen molar-refractivity contribution in [1.82, 2.24) is 9.80 Å². The number of fused-ring (bicyclic) bond motifs is 2. The summed E-state index contributed by atoms with van der Waals surface area (Å²) < 4.78 is 5.51. The molecule has 0 saturated carbocycles. The van der Waals surface area contributed by atoms with Crippen LogP contribution in [0.4, 0.5) is 0 Å². The molecule has 0 aromatic heterocycles. The van der Waals surface area contributed by atoms with Crippen LogP contribution in [0, 0.1) is 0 Å². The lowest BCUT2D eigenvalue weighted by Gasteiger charge is -2.42. The average molecular weight is 196 g/mol. The van der Waals surface area contributed by atoms with E-state index in [1.54, 1.807) is 0 Å². The molecule has 0 spiro atoms. The van der Waals surface area contributed by atoms with Crippen molar-refractivity contribution in [2.24, 2.45) is 0 Å². The fourth-order valence-corrected chi connectivity index (χ4v) is 3.50. The smallest absolute Gasteiger partial charge is 0.0622 e. The van der Waals surface area contributed by atoms with Gasteiger partial charge >= 0.3 is 0 Å². The Bertz CT molecular complexity index is 201. The largest absolute Gasteiger partial charge is 0.380 e. The maximum absolute atomic E-state index is 5.51. The van der Waals surface area contributed by atoms with Crippen LogP contribution in [-0.2, 0) is 4.74 Å². The quantitative estimate of drug-likeness (QED) is 0.609. The number of hydrogen-bond donors (Lipinski definition) is 0. The van der Waals surface area contributed by atoms with Crippen molar-refractivity contribution in [3.05, 3.63) is 0 Å². The second-order valence-electron chi connectivity index (χ2n) is 5.07. The van der Waals surface area contributed by atoms with E-state index >= 15 is 0 Å². The minimum Gasteiger partial charge on any atom is -0.380 e. The lowest BCUT2D eigenvalue weighted by atomic mass is 10.1. The summed E-state index contributed by atoms with van der Waals surface area (Å²) in [6.07, 6.45) is 4.08. The standard InChI is InChI=1S/C11H20N2O/c1-12-6-9-2-3-10(7-12)13(9)11-4-5-14-8-11/h9-11H,2-8H2,1H3. The zero-order valence-electron chi connectivity index (χ0n) is 8.98. The highest BCUT2D eigenvalue weighted by Gasteiger charge is 2.42. The van der Waals surface area contributed by atoms with Crippen molar-refractivity contribution in [3.8, 4) is 0 Å². The first-order valence-corrected chi connectivity index (χ1v) is 5.88. The van der Waals surface area contributed by atoms with E-state index in [2.05, 4.69) is 16.8 Å². The van der Waals surface area contributed by atoms with Gasteiger partial charge in [0.2, 0.25) is 0 Å². The average Bonchev–Trinajstić information content (AvgIpc) is 2.72. The molecule has 2 bridgehead atoms. The van der Waals surface area contributed by atoms with Gasteiger partial charge in [0.05, 0.1) is 6.61 Å². The van der Waals surface area contributed by atoms with Crippen LogP contribution in [0.1, 0.15) is 19.3 Å². The first-order valence-electron chi connectivity index (χ1n) is 5.88. The van der Waals surface area contributed by atoms with Crippen molar-refractivity contribution < 1.29 is 4.74 Å². The third-order valence-electron chi connectivity index (χ3n) is 4.05. The van der Waals surface area contributed by atoms with Gasteiger partial charge in [0, 0.05) is 37.8 Å². The number of rotatable bonds is 1. The van der Waals surface area contributed by atoms with E-state index in [4.69, 9.17) is 4.74 Å². The zero-order valence-corrected chi connectivity index (χ0v) is 8.98. The molecule has 0 radical (unpaired) electrons.